The van der Waals surface area contributed by atoms with Gasteiger partial charge in [-0.2, -0.15) is 0 Å². The van der Waals surface area contributed by atoms with E-state index in [-0.39, 0.29) is 16.8 Å². The number of aliphatic hydroxyl groups is 1. The van der Waals surface area contributed by atoms with E-state index in [1.807, 2.05) is 0 Å². The fourth-order valence-corrected chi connectivity index (χ4v) is 1.43. The lowest BCUT2D eigenvalue weighted by Gasteiger charge is -2.04. The first-order valence-electron chi connectivity index (χ1n) is 3.93. The molecule has 72 valence electrons. The second-order valence-electron chi connectivity index (χ2n) is 2.70. The minimum absolute atomic E-state index is 0.0396. The van der Waals surface area contributed by atoms with Gasteiger partial charge in [0.2, 0.25) is 0 Å². The third kappa shape index (κ3) is 2.42. The molecule has 0 bridgehead atoms. The van der Waals surface area contributed by atoms with Gasteiger partial charge in [-0.3, -0.25) is 0 Å². The summed E-state index contributed by atoms with van der Waals surface area (Å²) in [6, 6.07) is 2.95. The summed E-state index contributed by atoms with van der Waals surface area (Å²) in [6.45, 7) is 0.0396. The van der Waals surface area contributed by atoms with Crippen LogP contribution in [0.25, 0.3) is 0 Å². The second kappa shape index (κ2) is 4.58. The van der Waals surface area contributed by atoms with Crippen LogP contribution in [0.2, 0.25) is 0 Å². The van der Waals surface area contributed by atoms with Gasteiger partial charge >= 0.3 is 0 Å². The minimum atomic E-state index is -0.451. The van der Waals surface area contributed by atoms with Gasteiger partial charge < -0.3 is 10.2 Å². The number of aryl methyl sites for hydroxylation is 1. The van der Waals surface area contributed by atoms with Gasteiger partial charge in [0.15, 0.2) is 0 Å². The highest BCUT2D eigenvalue weighted by atomic mass is 79.9. The Hall–Kier alpha value is -0.610. The molecule has 0 heterocycles. The van der Waals surface area contributed by atoms with Crippen LogP contribution in [-0.4, -0.2) is 16.8 Å². The molecule has 2 N–H and O–H groups in total. The molecule has 4 heteroatoms. The molecule has 1 rings (SSSR count). The Balaban J connectivity index is 2.90. The molecule has 0 aliphatic heterocycles. The predicted molar refractivity (Wildman–Crippen MR) is 51.2 cm³/mol. The summed E-state index contributed by atoms with van der Waals surface area (Å²) in [4.78, 5) is 0. The lowest BCUT2D eigenvalue weighted by molar-refractivity contribution is 0.288. The van der Waals surface area contributed by atoms with Crippen molar-refractivity contribution < 1.29 is 14.6 Å². The van der Waals surface area contributed by atoms with Gasteiger partial charge in [-0.25, -0.2) is 4.39 Å². The first-order chi connectivity index (χ1) is 6.16. The number of phenolic OH excluding ortho intramolecular Hbond substituents is 1. The van der Waals surface area contributed by atoms with Crippen molar-refractivity contribution in [3.63, 3.8) is 0 Å². The Labute approximate surface area is 84.1 Å². The van der Waals surface area contributed by atoms with Crippen molar-refractivity contribution in [2.45, 2.75) is 12.8 Å². The number of aromatic hydroxyl groups is 1. The average Bonchev–Trinajstić information content (AvgIpc) is 2.13. The van der Waals surface area contributed by atoms with Crippen molar-refractivity contribution in [2.24, 2.45) is 0 Å². The van der Waals surface area contributed by atoms with Crippen LogP contribution in [-0.2, 0) is 6.42 Å². The van der Waals surface area contributed by atoms with Gasteiger partial charge in [0.1, 0.15) is 11.6 Å². The van der Waals surface area contributed by atoms with E-state index >= 15 is 0 Å². The van der Waals surface area contributed by atoms with Crippen LogP contribution in [0, 0.1) is 5.82 Å². The average molecular weight is 249 g/mol. The standard InChI is InChI=1S/C9H10BrFO2/c10-8-7(13)4-3-6(9(8)11)2-1-5-12/h3-4,12-13H,1-2,5H2. The zero-order valence-corrected chi connectivity index (χ0v) is 8.51. The van der Waals surface area contributed by atoms with E-state index in [0.29, 0.717) is 18.4 Å². The van der Waals surface area contributed by atoms with Crippen LogP contribution in [0.1, 0.15) is 12.0 Å². The normalized spacial score (nSPS) is 10.4. The van der Waals surface area contributed by atoms with Crippen molar-refractivity contribution >= 4 is 15.9 Å². The van der Waals surface area contributed by atoms with Crippen LogP contribution < -0.4 is 0 Å². The lowest BCUT2D eigenvalue weighted by Crippen LogP contribution is -1.94. The predicted octanol–water partition coefficient (Wildman–Crippen LogP) is 2.22. The highest BCUT2D eigenvalue weighted by Crippen LogP contribution is 2.29. The van der Waals surface area contributed by atoms with Gasteiger partial charge in [-0.05, 0) is 40.4 Å². The summed E-state index contributed by atoms with van der Waals surface area (Å²) in [7, 11) is 0. The number of aliphatic hydroxyl groups excluding tert-OH is 1. The summed E-state index contributed by atoms with van der Waals surface area (Å²) < 4.78 is 13.4. The van der Waals surface area contributed by atoms with Gasteiger partial charge in [0.05, 0.1) is 4.47 Å². The van der Waals surface area contributed by atoms with Crippen LogP contribution >= 0.6 is 15.9 Å². The summed E-state index contributed by atoms with van der Waals surface area (Å²) >= 11 is 2.93. The molecule has 0 aliphatic rings. The van der Waals surface area contributed by atoms with Crippen molar-refractivity contribution in [2.75, 3.05) is 6.61 Å². The largest absolute Gasteiger partial charge is 0.507 e. The molecule has 0 atom stereocenters. The monoisotopic (exact) mass is 248 g/mol. The van der Waals surface area contributed by atoms with E-state index < -0.39 is 5.82 Å². The van der Waals surface area contributed by atoms with Crippen LogP contribution in [0.5, 0.6) is 5.75 Å². The van der Waals surface area contributed by atoms with Gasteiger partial charge in [0, 0.05) is 6.61 Å². The van der Waals surface area contributed by atoms with Gasteiger partial charge in [0.25, 0.3) is 0 Å². The lowest BCUT2D eigenvalue weighted by atomic mass is 10.1. The first-order valence-corrected chi connectivity index (χ1v) is 4.73. The Morgan fingerprint density at radius 2 is 2.08 bits per heavy atom. The number of phenols is 1. The molecule has 0 saturated carbocycles. The van der Waals surface area contributed by atoms with E-state index in [1.54, 1.807) is 0 Å². The van der Waals surface area contributed by atoms with E-state index in [4.69, 9.17) is 10.2 Å². The summed E-state index contributed by atoms with van der Waals surface area (Å²) in [5.41, 5.74) is 0.499. The number of halogens is 2. The number of rotatable bonds is 3. The Kier molecular flexibility index (Phi) is 3.69. The van der Waals surface area contributed by atoms with Crippen molar-refractivity contribution in [3.8, 4) is 5.75 Å². The molecule has 1 aromatic carbocycles. The van der Waals surface area contributed by atoms with E-state index in [2.05, 4.69) is 15.9 Å². The fraction of sp³-hybridized carbons (Fsp3) is 0.333. The zero-order valence-electron chi connectivity index (χ0n) is 6.93. The van der Waals surface area contributed by atoms with E-state index in [0.717, 1.165) is 0 Å². The summed E-state index contributed by atoms with van der Waals surface area (Å²) in [5.74, 6) is -0.557. The number of benzene rings is 1. The van der Waals surface area contributed by atoms with Crippen molar-refractivity contribution in [1.29, 1.82) is 0 Å². The van der Waals surface area contributed by atoms with Crippen LogP contribution in [0.3, 0.4) is 0 Å². The van der Waals surface area contributed by atoms with Crippen molar-refractivity contribution in [3.05, 3.63) is 28.0 Å². The summed E-state index contributed by atoms with van der Waals surface area (Å²) in [5, 5.41) is 17.7. The van der Waals surface area contributed by atoms with E-state index in [9.17, 15) is 4.39 Å². The smallest absolute Gasteiger partial charge is 0.144 e. The topological polar surface area (TPSA) is 40.5 Å². The number of hydrogen-bond donors (Lipinski definition) is 2. The SMILES string of the molecule is OCCCc1ccc(O)c(Br)c1F. The second-order valence-corrected chi connectivity index (χ2v) is 3.49. The Bertz CT molecular complexity index is 302. The van der Waals surface area contributed by atoms with Crippen LogP contribution in [0.15, 0.2) is 16.6 Å². The summed E-state index contributed by atoms with van der Waals surface area (Å²) in [6.07, 6.45) is 0.995. The van der Waals surface area contributed by atoms with Crippen molar-refractivity contribution in [1.82, 2.24) is 0 Å². The molecule has 0 fully saturated rings. The van der Waals surface area contributed by atoms with Crippen LogP contribution in [0.4, 0.5) is 4.39 Å². The molecule has 13 heavy (non-hydrogen) atoms. The molecular formula is C9H10BrFO2. The molecule has 0 spiro atoms. The molecule has 0 aliphatic carbocycles. The van der Waals surface area contributed by atoms with Gasteiger partial charge in [-0.15, -0.1) is 0 Å². The molecule has 0 saturated heterocycles. The fourth-order valence-electron chi connectivity index (χ4n) is 1.04. The quantitative estimate of drug-likeness (QED) is 0.862. The highest BCUT2D eigenvalue weighted by Gasteiger charge is 2.09. The molecular weight excluding hydrogens is 239 g/mol. The molecule has 0 unspecified atom stereocenters. The molecule has 0 aromatic heterocycles. The van der Waals surface area contributed by atoms with Gasteiger partial charge in [-0.1, -0.05) is 6.07 Å². The Morgan fingerprint density at radius 3 is 2.69 bits per heavy atom. The van der Waals surface area contributed by atoms with E-state index in [1.165, 1.54) is 12.1 Å². The molecule has 1 aromatic rings. The molecule has 2 nitrogen and oxygen atoms in total. The highest BCUT2D eigenvalue weighted by molar-refractivity contribution is 9.10. The first kappa shape index (κ1) is 10.5. The minimum Gasteiger partial charge on any atom is -0.507 e. The third-order valence-electron chi connectivity index (χ3n) is 1.75. The zero-order chi connectivity index (χ0) is 9.84. The maximum atomic E-state index is 13.3. The Morgan fingerprint density at radius 1 is 1.38 bits per heavy atom. The maximum Gasteiger partial charge on any atom is 0.144 e. The molecule has 0 radical (unpaired) electrons. The third-order valence-corrected chi connectivity index (χ3v) is 2.50. The number of hydrogen-bond acceptors (Lipinski definition) is 2. The maximum absolute atomic E-state index is 13.3. The molecule has 0 amide bonds.